The maximum absolute atomic E-state index is 3.90. The monoisotopic (exact) mass is 348 g/mol. The largest absolute Gasteiger partial charge is 0.0885 e. The average Bonchev–Trinajstić information content (AvgIpc) is 2.63. The highest BCUT2D eigenvalue weighted by atomic mass is 14.0. The Morgan fingerprint density at radius 2 is 0.560 bits per heavy atom. The van der Waals surface area contributed by atoms with Gasteiger partial charge in [0.1, 0.15) is 0 Å². The van der Waals surface area contributed by atoms with E-state index in [0.717, 1.165) is 12.8 Å². The summed E-state index contributed by atoms with van der Waals surface area (Å²) in [5.74, 6) is 0. The predicted octanol–water partition coefficient (Wildman–Crippen LogP) is 9.40. The van der Waals surface area contributed by atoms with Gasteiger partial charge in [-0.3, -0.25) is 0 Å². The van der Waals surface area contributed by atoms with Crippen LogP contribution in [0.2, 0.25) is 0 Å². The van der Waals surface area contributed by atoms with Gasteiger partial charge in [-0.2, -0.15) is 0 Å². The van der Waals surface area contributed by atoms with Crippen LogP contribution >= 0.6 is 0 Å². The van der Waals surface area contributed by atoms with Crippen molar-refractivity contribution in [3.8, 4) is 0 Å². The van der Waals surface area contributed by atoms with Gasteiger partial charge in [0.15, 0.2) is 0 Å². The van der Waals surface area contributed by atoms with Crippen molar-refractivity contribution in [2.45, 2.75) is 135 Å². The van der Waals surface area contributed by atoms with E-state index >= 15 is 0 Å². The van der Waals surface area contributed by atoms with Gasteiger partial charge < -0.3 is 0 Å². The van der Waals surface area contributed by atoms with E-state index in [9.17, 15) is 0 Å². The van der Waals surface area contributed by atoms with Crippen LogP contribution < -0.4 is 0 Å². The van der Waals surface area contributed by atoms with E-state index < -0.39 is 0 Å². The Morgan fingerprint density at radius 3 is 0.840 bits per heavy atom. The molecule has 0 N–H and O–H groups in total. The minimum Gasteiger partial charge on any atom is -0.0885 e. The second-order valence-corrected chi connectivity index (χ2v) is 7.77. The third kappa shape index (κ3) is 23.7. The first kappa shape index (κ1) is 24.7. The van der Waals surface area contributed by atoms with Crippen molar-refractivity contribution >= 4 is 0 Å². The Labute approximate surface area is 161 Å². The van der Waals surface area contributed by atoms with Crippen molar-refractivity contribution in [3.05, 3.63) is 26.0 Å². The van der Waals surface area contributed by atoms with E-state index in [1.165, 1.54) is 122 Å². The van der Waals surface area contributed by atoms with E-state index in [2.05, 4.69) is 26.0 Å². The van der Waals surface area contributed by atoms with Crippen LogP contribution in [0.1, 0.15) is 135 Å². The summed E-state index contributed by atoms with van der Waals surface area (Å²) in [5.41, 5.74) is 0. The lowest BCUT2D eigenvalue weighted by molar-refractivity contribution is 0.547. The molecule has 0 bridgehead atoms. The average molecular weight is 349 g/mol. The molecule has 0 aliphatic rings. The molecule has 0 aromatic carbocycles. The number of hydrogen-bond donors (Lipinski definition) is 0. The Morgan fingerprint density at radius 1 is 0.320 bits per heavy atom. The Hall–Kier alpha value is -0.260. The third-order valence-corrected chi connectivity index (χ3v) is 5.16. The molecule has 148 valence electrons. The molecular formula is C25H48. The normalized spacial score (nSPS) is 11.6. The van der Waals surface area contributed by atoms with E-state index in [-0.39, 0.29) is 0 Å². The molecule has 0 unspecified atom stereocenters. The molecule has 0 saturated carbocycles. The Kier molecular flexibility index (Phi) is 23.5. The van der Waals surface area contributed by atoms with Crippen LogP contribution in [0.5, 0.6) is 0 Å². The molecule has 0 aromatic rings. The zero-order valence-corrected chi connectivity index (χ0v) is 17.4. The summed E-state index contributed by atoms with van der Waals surface area (Å²) < 4.78 is 0. The van der Waals surface area contributed by atoms with Gasteiger partial charge in [-0.1, -0.05) is 135 Å². The molecule has 0 saturated heterocycles. The van der Waals surface area contributed by atoms with Gasteiger partial charge in [-0.15, -0.1) is 0 Å². The van der Waals surface area contributed by atoms with Crippen LogP contribution in [-0.4, -0.2) is 0 Å². The fourth-order valence-corrected chi connectivity index (χ4v) is 3.41. The van der Waals surface area contributed by atoms with Crippen molar-refractivity contribution in [3.63, 3.8) is 0 Å². The van der Waals surface area contributed by atoms with Crippen molar-refractivity contribution in [2.24, 2.45) is 0 Å². The fourth-order valence-electron chi connectivity index (χ4n) is 3.41. The standard InChI is InChI=1S/C25H48/c1-3-5-7-9-11-13-15-17-19-21-23-25-24-22-20-18-16-14-12-10-8-6-4-2/h19,21H,1-18,20,22-25H2/b21-19+. The van der Waals surface area contributed by atoms with Gasteiger partial charge in [0.25, 0.3) is 0 Å². The molecule has 25 heavy (non-hydrogen) atoms. The topological polar surface area (TPSA) is 0 Å². The Balaban J connectivity index is 3.03. The SMILES string of the molecule is [CH2]CCCCCCCC/C=C/CCCCCCCCCCCCC[CH2]. The summed E-state index contributed by atoms with van der Waals surface area (Å²) in [7, 11) is 0. The van der Waals surface area contributed by atoms with Gasteiger partial charge in [-0.25, -0.2) is 0 Å². The van der Waals surface area contributed by atoms with Crippen molar-refractivity contribution in [1.82, 2.24) is 0 Å². The van der Waals surface area contributed by atoms with Crippen LogP contribution in [0.15, 0.2) is 12.2 Å². The molecule has 0 aromatic heterocycles. The van der Waals surface area contributed by atoms with E-state index in [0.29, 0.717) is 0 Å². The van der Waals surface area contributed by atoms with Gasteiger partial charge >= 0.3 is 0 Å². The summed E-state index contributed by atoms with van der Waals surface area (Å²) in [6.07, 6.45) is 33.7. The maximum atomic E-state index is 3.90. The summed E-state index contributed by atoms with van der Waals surface area (Å²) in [6, 6.07) is 0. The lowest BCUT2D eigenvalue weighted by Gasteiger charge is -2.02. The summed E-state index contributed by atoms with van der Waals surface area (Å²) >= 11 is 0. The molecular weight excluding hydrogens is 300 g/mol. The van der Waals surface area contributed by atoms with Gasteiger partial charge in [0, 0.05) is 0 Å². The van der Waals surface area contributed by atoms with Gasteiger partial charge in [0.05, 0.1) is 0 Å². The molecule has 2 radical (unpaired) electrons. The molecule has 0 rings (SSSR count). The predicted molar refractivity (Wildman–Crippen MR) is 117 cm³/mol. The number of unbranched alkanes of at least 4 members (excludes halogenated alkanes) is 19. The summed E-state index contributed by atoms with van der Waals surface area (Å²) in [4.78, 5) is 0. The van der Waals surface area contributed by atoms with Crippen molar-refractivity contribution in [2.75, 3.05) is 0 Å². The van der Waals surface area contributed by atoms with E-state index in [1.54, 1.807) is 0 Å². The first-order valence-electron chi connectivity index (χ1n) is 11.6. The van der Waals surface area contributed by atoms with Gasteiger partial charge in [0.2, 0.25) is 0 Å². The molecule has 0 heteroatoms. The van der Waals surface area contributed by atoms with Crippen LogP contribution in [0.25, 0.3) is 0 Å². The first-order valence-corrected chi connectivity index (χ1v) is 11.6. The number of allylic oxidation sites excluding steroid dienone is 2. The van der Waals surface area contributed by atoms with Crippen LogP contribution in [-0.2, 0) is 0 Å². The van der Waals surface area contributed by atoms with Crippen LogP contribution in [0, 0.1) is 13.8 Å². The van der Waals surface area contributed by atoms with Crippen molar-refractivity contribution < 1.29 is 0 Å². The van der Waals surface area contributed by atoms with E-state index in [1.807, 2.05) is 0 Å². The lowest BCUT2D eigenvalue weighted by atomic mass is 10.0. The zero-order valence-electron chi connectivity index (χ0n) is 17.4. The number of hydrogen-bond acceptors (Lipinski definition) is 0. The maximum Gasteiger partial charge on any atom is -0.0351 e. The molecule has 0 fully saturated rings. The second kappa shape index (κ2) is 23.7. The summed E-state index contributed by atoms with van der Waals surface area (Å²) in [6.45, 7) is 7.80. The zero-order chi connectivity index (χ0) is 18.3. The van der Waals surface area contributed by atoms with Crippen molar-refractivity contribution in [1.29, 1.82) is 0 Å². The summed E-state index contributed by atoms with van der Waals surface area (Å²) in [5, 5.41) is 0. The molecule has 0 heterocycles. The fraction of sp³-hybridized carbons (Fsp3) is 0.840. The van der Waals surface area contributed by atoms with Crippen LogP contribution in [0.4, 0.5) is 0 Å². The van der Waals surface area contributed by atoms with E-state index in [4.69, 9.17) is 0 Å². The quantitative estimate of drug-likeness (QED) is 0.143. The van der Waals surface area contributed by atoms with Crippen LogP contribution in [0.3, 0.4) is 0 Å². The smallest absolute Gasteiger partial charge is 0.0351 e. The lowest BCUT2D eigenvalue weighted by Crippen LogP contribution is -1.82. The first-order chi connectivity index (χ1) is 12.4. The minimum atomic E-state index is 1.11. The molecule has 0 aliphatic carbocycles. The van der Waals surface area contributed by atoms with Gasteiger partial charge in [-0.05, 0) is 25.7 Å². The second-order valence-electron chi connectivity index (χ2n) is 7.77. The Bertz CT molecular complexity index is 240. The highest BCUT2D eigenvalue weighted by Gasteiger charge is 1.93. The molecule has 0 amide bonds. The highest BCUT2D eigenvalue weighted by Crippen LogP contribution is 2.13. The molecule has 0 aliphatic heterocycles. The molecule has 0 nitrogen and oxygen atoms in total. The minimum absolute atomic E-state index is 1.11. The molecule has 0 spiro atoms. The third-order valence-electron chi connectivity index (χ3n) is 5.16. The highest BCUT2D eigenvalue weighted by molar-refractivity contribution is 4.81. The number of rotatable bonds is 21. The molecule has 0 atom stereocenters.